The van der Waals surface area contributed by atoms with Crippen LogP contribution in [0.4, 0.5) is 0 Å². The van der Waals surface area contributed by atoms with Gasteiger partial charge in [-0.05, 0) is 44.1 Å². The van der Waals surface area contributed by atoms with Crippen molar-refractivity contribution in [1.29, 1.82) is 0 Å². The molecule has 100 valence electrons. The van der Waals surface area contributed by atoms with Crippen LogP contribution in [0.1, 0.15) is 56.4 Å². The number of thiophene rings is 1. The number of ether oxygens (including phenoxy) is 1. The quantitative estimate of drug-likeness (QED) is 0.895. The smallest absolute Gasteiger partial charge is 0.0697 e. The molecule has 1 spiro atoms. The third-order valence-electron chi connectivity index (χ3n) is 4.46. The lowest BCUT2D eigenvalue weighted by molar-refractivity contribution is -0.0845. The molecule has 1 N–H and O–H groups in total. The zero-order valence-corrected chi connectivity index (χ0v) is 12.0. The van der Waals surface area contributed by atoms with Gasteiger partial charge in [0, 0.05) is 23.6 Å². The molecule has 2 unspecified atom stereocenters. The third kappa shape index (κ3) is 2.63. The molecule has 1 aliphatic carbocycles. The fourth-order valence-corrected chi connectivity index (χ4v) is 4.25. The van der Waals surface area contributed by atoms with Gasteiger partial charge in [-0.15, -0.1) is 11.3 Å². The van der Waals surface area contributed by atoms with E-state index in [0.29, 0.717) is 12.1 Å². The monoisotopic (exact) mass is 265 g/mol. The lowest BCUT2D eigenvalue weighted by atomic mass is 9.88. The van der Waals surface area contributed by atoms with E-state index in [4.69, 9.17) is 4.74 Å². The van der Waals surface area contributed by atoms with Crippen molar-refractivity contribution in [1.82, 2.24) is 5.32 Å². The molecule has 3 rings (SSSR count). The van der Waals surface area contributed by atoms with Crippen molar-refractivity contribution in [3.05, 3.63) is 22.4 Å². The molecule has 2 fully saturated rings. The van der Waals surface area contributed by atoms with E-state index in [-0.39, 0.29) is 5.60 Å². The Labute approximate surface area is 114 Å². The van der Waals surface area contributed by atoms with E-state index in [0.717, 1.165) is 13.0 Å². The first-order valence-corrected chi connectivity index (χ1v) is 8.09. The Morgan fingerprint density at radius 2 is 2.28 bits per heavy atom. The van der Waals surface area contributed by atoms with Crippen molar-refractivity contribution >= 4 is 11.3 Å². The average Bonchev–Trinajstić information content (AvgIpc) is 3.01. The summed E-state index contributed by atoms with van der Waals surface area (Å²) in [5.41, 5.74) is 0.227. The van der Waals surface area contributed by atoms with E-state index in [1.807, 2.05) is 11.3 Å². The fourth-order valence-electron chi connectivity index (χ4n) is 3.51. The lowest BCUT2D eigenvalue weighted by Crippen LogP contribution is -2.46. The first-order valence-electron chi connectivity index (χ1n) is 7.21. The molecule has 1 saturated carbocycles. The molecular weight excluding hydrogens is 242 g/mol. The third-order valence-corrected chi connectivity index (χ3v) is 5.52. The summed E-state index contributed by atoms with van der Waals surface area (Å²) in [6.45, 7) is 3.22. The highest BCUT2D eigenvalue weighted by atomic mass is 32.1. The highest BCUT2D eigenvalue weighted by Crippen LogP contribution is 2.40. The second-order valence-corrected chi connectivity index (χ2v) is 6.81. The molecule has 2 aliphatic rings. The minimum Gasteiger partial charge on any atom is -0.375 e. The molecule has 3 heteroatoms. The summed E-state index contributed by atoms with van der Waals surface area (Å²) in [7, 11) is 0. The second kappa shape index (κ2) is 5.32. The van der Waals surface area contributed by atoms with Crippen LogP contribution in [0.15, 0.2) is 17.5 Å². The maximum Gasteiger partial charge on any atom is 0.0697 e. The van der Waals surface area contributed by atoms with Crippen molar-refractivity contribution in [2.75, 3.05) is 6.61 Å². The number of nitrogens with one attached hydrogen (secondary N) is 1. The van der Waals surface area contributed by atoms with Crippen molar-refractivity contribution in [2.24, 2.45) is 0 Å². The van der Waals surface area contributed by atoms with Crippen LogP contribution in [0.2, 0.25) is 0 Å². The summed E-state index contributed by atoms with van der Waals surface area (Å²) in [6, 6.07) is 5.48. The van der Waals surface area contributed by atoms with Gasteiger partial charge in [-0.25, -0.2) is 0 Å². The average molecular weight is 265 g/mol. The number of rotatable bonds is 3. The summed E-state index contributed by atoms with van der Waals surface area (Å²) in [5, 5.41) is 5.97. The molecule has 0 amide bonds. The van der Waals surface area contributed by atoms with Crippen molar-refractivity contribution < 1.29 is 4.74 Å². The van der Waals surface area contributed by atoms with E-state index in [2.05, 4.69) is 29.8 Å². The van der Waals surface area contributed by atoms with Gasteiger partial charge in [0.2, 0.25) is 0 Å². The van der Waals surface area contributed by atoms with Gasteiger partial charge in [-0.1, -0.05) is 18.9 Å². The first-order chi connectivity index (χ1) is 8.77. The molecule has 2 atom stereocenters. The van der Waals surface area contributed by atoms with Crippen LogP contribution in [0.5, 0.6) is 0 Å². The van der Waals surface area contributed by atoms with E-state index in [1.165, 1.54) is 37.0 Å². The summed E-state index contributed by atoms with van der Waals surface area (Å²) in [5.74, 6) is 0. The van der Waals surface area contributed by atoms with E-state index >= 15 is 0 Å². The molecule has 1 aromatic rings. The van der Waals surface area contributed by atoms with Crippen LogP contribution in [0.3, 0.4) is 0 Å². The predicted octanol–water partition coefficient (Wildman–Crippen LogP) is 3.89. The highest BCUT2D eigenvalue weighted by Gasteiger charge is 2.40. The van der Waals surface area contributed by atoms with E-state index in [1.54, 1.807) is 0 Å². The minimum atomic E-state index is 0.227. The van der Waals surface area contributed by atoms with E-state index < -0.39 is 0 Å². The molecule has 0 bridgehead atoms. The molecule has 1 saturated heterocycles. The summed E-state index contributed by atoms with van der Waals surface area (Å²) in [4.78, 5) is 1.45. The van der Waals surface area contributed by atoms with E-state index in [9.17, 15) is 0 Å². The Morgan fingerprint density at radius 1 is 1.44 bits per heavy atom. The number of hydrogen-bond donors (Lipinski definition) is 1. The Kier molecular flexibility index (Phi) is 3.73. The normalized spacial score (nSPS) is 28.6. The highest BCUT2D eigenvalue weighted by molar-refractivity contribution is 7.10. The standard InChI is InChI=1S/C15H23NOS/c1-12(14-5-4-10-18-14)16-13-6-9-17-15(11-13)7-2-3-8-15/h4-5,10,12-13,16H,2-3,6-9,11H2,1H3. The predicted molar refractivity (Wildman–Crippen MR) is 76.0 cm³/mol. The zero-order valence-electron chi connectivity index (χ0n) is 11.2. The Hall–Kier alpha value is -0.380. The van der Waals surface area contributed by atoms with Crippen LogP contribution >= 0.6 is 11.3 Å². The Bertz CT molecular complexity index is 370. The van der Waals surface area contributed by atoms with Crippen LogP contribution < -0.4 is 5.32 Å². The molecule has 2 heterocycles. The maximum absolute atomic E-state index is 6.09. The van der Waals surface area contributed by atoms with Crippen LogP contribution in [-0.2, 0) is 4.74 Å². The topological polar surface area (TPSA) is 21.3 Å². The first kappa shape index (κ1) is 12.6. The van der Waals surface area contributed by atoms with Gasteiger partial charge in [0.05, 0.1) is 5.60 Å². The van der Waals surface area contributed by atoms with Crippen molar-refractivity contribution in [3.8, 4) is 0 Å². The fraction of sp³-hybridized carbons (Fsp3) is 0.733. The molecule has 1 aliphatic heterocycles. The van der Waals surface area contributed by atoms with Gasteiger partial charge >= 0.3 is 0 Å². The summed E-state index contributed by atoms with van der Waals surface area (Å²) in [6.07, 6.45) is 7.64. The van der Waals surface area contributed by atoms with Crippen molar-refractivity contribution in [2.45, 2.75) is 63.1 Å². The Balaban J connectivity index is 1.59. The van der Waals surface area contributed by atoms with Crippen LogP contribution in [0.25, 0.3) is 0 Å². The summed E-state index contributed by atoms with van der Waals surface area (Å²) < 4.78 is 6.09. The van der Waals surface area contributed by atoms with Gasteiger partial charge < -0.3 is 10.1 Å². The molecule has 18 heavy (non-hydrogen) atoms. The van der Waals surface area contributed by atoms with Gasteiger partial charge in [0.15, 0.2) is 0 Å². The van der Waals surface area contributed by atoms with Crippen molar-refractivity contribution in [3.63, 3.8) is 0 Å². The molecular formula is C15H23NOS. The lowest BCUT2D eigenvalue weighted by Gasteiger charge is -2.39. The Morgan fingerprint density at radius 3 is 3.00 bits per heavy atom. The SMILES string of the molecule is CC(NC1CCOC2(CCCC2)C1)c1cccs1. The molecule has 2 nitrogen and oxygen atoms in total. The largest absolute Gasteiger partial charge is 0.375 e. The molecule has 0 radical (unpaired) electrons. The molecule has 0 aromatic carbocycles. The molecule has 1 aromatic heterocycles. The minimum absolute atomic E-state index is 0.227. The number of hydrogen-bond acceptors (Lipinski definition) is 3. The van der Waals surface area contributed by atoms with Gasteiger partial charge in [-0.3, -0.25) is 0 Å². The summed E-state index contributed by atoms with van der Waals surface area (Å²) >= 11 is 1.85. The maximum atomic E-state index is 6.09. The van der Waals surface area contributed by atoms with Gasteiger partial charge in [0.1, 0.15) is 0 Å². The van der Waals surface area contributed by atoms with Crippen LogP contribution in [-0.4, -0.2) is 18.2 Å². The van der Waals surface area contributed by atoms with Gasteiger partial charge in [-0.2, -0.15) is 0 Å². The second-order valence-electron chi connectivity index (χ2n) is 5.83. The van der Waals surface area contributed by atoms with Crippen LogP contribution in [0, 0.1) is 0 Å². The van der Waals surface area contributed by atoms with Gasteiger partial charge in [0.25, 0.3) is 0 Å². The zero-order chi connectivity index (χ0) is 12.4.